The molecule has 0 saturated heterocycles. The summed E-state index contributed by atoms with van der Waals surface area (Å²) in [5, 5.41) is 3.37. The number of amides is 1. The molecule has 0 heterocycles. The van der Waals surface area contributed by atoms with Crippen molar-refractivity contribution in [2.45, 2.75) is 12.5 Å². The Bertz CT molecular complexity index is 1010. The molecule has 0 aliphatic carbocycles. The molecule has 4 rings (SSSR count). The first-order chi connectivity index (χ1) is 15.2. The van der Waals surface area contributed by atoms with Crippen LogP contribution in [0.25, 0.3) is 0 Å². The number of benzene rings is 4. The fourth-order valence-corrected chi connectivity index (χ4v) is 3.89. The van der Waals surface area contributed by atoms with E-state index in [1.807, 2.05) is 73.7 Å². The molecule has 4 aromatic carbocycles. The lowest BCUT2D eigenvalue weighted by Crippen LogP contribution is -2.47. The zero-order chi connectivity index (χ0) is 21.5. The highest BCUT2D eigenvalue weighted by molar-refractivity contribution is 5.95. The first kappa shape index (κ1) is 20.4. The Morgan fingerprint density at radius 3 is 1.48 bits per heavy atom. The van der Waals surface area contributed by atoms with Crippen LogP contribution in [-0.2, 0) is 5.54 Å². The summed E-state index contributed by atoms with van der Waals surface area (Å²) in [4.78, 5) is 13.5. The first-order valence-corrected chi connectivity index (χ1v) is 10.5. The van der Waals surface area contributed by atoms with Gasteiger partial charge in [0.15, 0.2) is 0 Å². The van der Waals surface area contributed by atoms with E-state index in [0.29, 0.717) is 12.2 Å². The molecule has 1 amide bonds. The lowest BCUT2D eigenvalue weighted by atomic mass is 9.77. The van der Waals surface area contributed by atoms with Gasteiger partial charge in [0.2, 0.25) is 0 Å². The van der Waals surface area contributed by atoms with Crippen LogP contribution in [0.15, 0.2) is 115 Å². The molecule has 0 aromatic heterocycles. The maximum atomic E-state index is 13.5. The fraction of sp³-hybridized carbons (Fsp3) is 0.107. The fourth-order valence-electron chi connectivity index (χ4n) is 3.89. The van der Waals surface area contributed by atoms with Crippen molar-refractivity contribution < 1.29 is 9.53 Å². The summed E-state index contributed by atoms with van der Waals surface area (Å²) in [5.74, 6) is 0.596. The van der Waals surface area contributed by atoms with Gasteiger partial charge in [-0.25, -0.2) is 0 Å². The third-order valence-corrected chi connectivity index (χ3v) is 5.35. The molecule has 31 heavy (non-hydrogen) atoms. The van der Waals surface area contributed by atoms with Crippen LogP contribution in [0.3, 0.4) is 0 Å². The van der Waals surface area contributed by atoms with E-state index in [1.165, 1.54) is 0 Å². The van der Waals surface area contributed by atoms with Crippen molar-refractivity contribution in [1.82, 2.24) is 5.32 Å². The van der Waals surface area contributed by atoms with Gasteiger partial charge in [0.05, 0.1) is 6.61 Å². The minimum atomic E-state index is -0.834. The summed E-state index contributed by atoms with van der Waals surface area (Å²) < 4.78 is 5.52. The highest BCUT2D eigenvalue weighted by Crippen LogP contribution is 2.37. The van der Waals surface area contributed by atoms with Crippen molar-refractivity contribution in [3.63, 3.8) is 0 Å². The van der Waals surface area contributed by atoms with Crippen LogP contribution in [0, 0.1) is 0 Å². The van der Waals surface area contributed by atoms with Gasteiger partial charge in [0, 0.05) is 5.56 Å². The van der Waals surface area contributed by atoms with E-state index in [0.717, 1.165) is 22.4 Å². The van der Waals surface area contributed by atoms with Gasteiger partial charge in [-0.15, -0.1) is 0 Å². The zero-order valence-corrected chi connectivity index (χ0v) is 17.5. The van der Waals surface area contributed by atoms with E-state index in [4.69, 9.17) is 4.74 Å². The second kappa shape index (κ2) is 9.31. The monoisotopic (exact) mass is 407 g/mol. The minimum Gasteiger partial charge on any atom is -0.494 e. The van der Waals surface area contributed by atoms with E-state index in [9.17, 15) is 4.79 Å². The number of hydrogen-bond donors (Lipinski definition) is 1. The normalized spacial score (nSPS) is 11.0. The second-order valence-corrected chi connectivity index (χ2v) is 7.26. The highest BCUT2D eigenvalue weighted by atomic mass is 16.5. The van der Waals surface area contributed by atoms with Gasteiger partial charge in [-0.2, -0.15) is 0 Å². The van der Waals surface area contributed by atoms with E-state index < -0.39 is 5.54 Å². The molecule has 154 valence electrons. The lowest BCUT2D eigenvalue weighted by molar-refractivity contribution is 0.0925. The molecule has 0 aliphatic heterocycles. The summed E-state index contributed by atoms with van der Waals surface area (Å²) >= 11 is 0. The first-order valence-electron chi connectivity index (χ1n) is 10.5. The van der Waals surface area contributed by atoms with Crippen molar-refractivity contribution in [1.29, 1.82) is 0 Å². The quantitative estimate of drug-likeness (QED) is 0.393. The topological polar surface area (TPSA) is 38.3 Å². The van der Waals surface area contributed by atoms with Crippen LogP contribution in [0.2, 0.25) is 0 Å². The number of rotatable bonds is 7. The SMILES string of the molecule is CCOc1ccc(C(=O)NC(c2ccccc2)(c2ccccc2)c2ccccc2)cc1. The number of ether oxygens (including phenoxy) is 1. The summed E-state index contributed by atoms with van der Waals surface area (Å²) in [6.07, 6.45) is 0. The number of carbonyl (C=O) groups excluding carboxylic acids is 1. The summed E-state index contributed by atoms with van der Waals surface area (Å²) in [6.45, 7) is 2.53. The highest BCUT2D eigenvalue weighted by Gasteiger charge is 2.38. The van der Waals surface area contributed by atoms with Crippen LogP contribution < -0.4 is 10.1 Å². The Balaban J connectivity index is 1.85. The van der Waals surface area contributed by atoms with Gasteiger partial charge in [-0.05, 0) is 47.9 Å². The van der Waals surface area contributed by atoms with Gasteiger partial charge in [0.1, 0.15) is 11.3 Å². The maximum absolute atomic E-state index is 13.5. The molecule has 3 nitrogen and oxygen atoms in total. The summed E-state index contributed by atoms with van der Waals surface area (Å²) in [6, 6.07) is 37.5. The third kappa shape index (κ3) is 4.22. The van der Waals surface area contributed by atoms with Crippen molar-refractivity contribution >= 4 is 5.91 Å². The van der Waals surface area contributed by atoms with E-state index in [2.05, 4.69) is 41.7 Å². The number of carbonyl (C=O) groups is 1. The Kier molecular flexibility index (Phi) is 6.13. The Labute approximate surface area is 183 Å². The molecule has 0 bridgehead atoms. The largest absolute Gasteiger partial charge is 0.494 e. The smallest absolute Gasteiger partial charge is 0.252 e. The lowest BCUT2D eigenvalue weighted by Gasteiger charge is -2.37. The second-order valence-electron chi connectivity index (χ2n) is 7.26. The summed E-state index contributed by atoms with van der Waals surface area (Å²) in [5.41, 5.74) is 2.72. The number of hydrogen-bond acceptors (Lipinski definition) is 2. The van der Waals surface area contributed by atoms with Crippen molar-refractivity contribution in [2.75, 3.05) is 6.61 Å². The molecule has 0 fully saturated rings. The molecule has 0 saturated carbocycles. The van der Waals surface area contributed by atoms with E-state index >= 15 is 0 Å². The standard InChI is InChI=1S/C28H25NO2/c1-2-31-26-20-18-22(19-21-26)27(30)29-28(23-12-6-3-7-13-23,24-14-8-4-9-15-24)25-16-10-5-11-17-25/h3-21H,2H2,1H3,(H,29,30). The molecular formula is C28H25NO2. The molecule has 0 unspecified atom stereocenters. The van der Waals surface area contributed by atoms with Crippen LogP contribution >= 0.6 is 0 Å². The Morgan fingerprint density at radius 2 is 1.10 bits per heavy atom. The van der Waals surface area contributed by atoms with Gasteiger partial charge in [0.25, 0.3) is 5.91 Å². The third-order valence-electron chi connectivity index (χ3n) is 5.35. The predicted molar refractivity (Wildman–Crippen MR) is 124 cm³/mol. The van der Waals surface area contributed by atoms with Gasteiger partial charge in [-0.3, -0.25) is 4.79 Å². The molecule has 1 N–H and O–H groups in total. The molecule has 3 heteroatoms. The molecule has 0 radical (unpaired) electrons. The van der Waals surface area contributed by atoms with Crippen molar-refractivity contribution in [2.24, 2.45) is 0 Å². The predicted octanol–water partition coefficient (Wildman–Crippen LogP) is 5.81. The van der Waals surface area contributed by atoms with Crippen molar-refractivity contribution in [3.8, 4) is 5.75 Å². The molecule has 0 atom stereocenters. The van der Waals surface area contributed by atoms with Gasteiger partial charge >= 0.3 is 0 Å². The average Bonchev–Trinajstić information content (AvgIpc) is 2.85. The summed E-state index contributed by atoms with van der Waals surface area (Å²) in [7, 11) is 0. The van der Waals surface area contributed by atoms with Crippen LogP contribution in [0.1, 0.15) is 34.0 Å². The molecule has 0 aliphatic rings. The zero-order valence-electron chi connectivity index (χ0n) is 17.5. The van der Waals surface area contributed by atoms with Crippen LogP contribution in [-0.4, -0.2) is 12.5 Å². The van der Waals surface area contributed by atoms with Crippen LogP contribution in [0.4, 0.5) is 0 Å². The molecule has 0 spiro atoms. The molecular weight excluding hydrogens is 382 g/mol. The Hall–Kier alpha value is -3.85. The van der Waals surface area contributed by atoms with Crippen LogP contribution in [0.5, 0.6) is 5.75 Å². The van der Waals surface area contributed by atoms with Gasteiger partial charge < -0.3 is 10.1 Å². The molecule has 4 aromatic rings. The average molecular weight is 408 g/mol. The minimum absolute atomic E-state index is 0.153. The van der Waals surface area contributed by atoms with Crippen molar-refractivity contribution in [3.05, 3.63) is 138 Å². The van der Waals surface area contributed by atoms with E-state index in [1.54, 1.807) is 12.1 Å². The number of nitrogens with one attached hydrogen (secondary N) is 1. The van der Waals surface area contributed by atoms with E-state index in [-0.39, 0.29) is 5.91 Å². The maximum Gasteiger partial charge on any atom is 0.252 e. The van der Waals surface area contributed by atoms with Gasteiger partial charge in [-0.1, -0.05) is 91.0 Å². The Morgan fingerprint density at radius 1 is 0.677 bits per heavy atom.